The maximum atomic E-state index is 13.2. The molecule has 3 amide bonds. The second-order valence-electron chi connectivity index (χ2n) is 7.84. The third kappa shape index (κ3) is 4.32. The van der Waals surface area contributed by atoms with Crippen LogP contribution in [0.5, 0.6) is 0 Å². The highest BCUT2D eigenvalue weighted by Crippen LogP contribution is 2.37. The van der Waals surface area contributed by atoms with E-state index >= 15 is 0 Å². The summed E-state index contributed by atoms with van der Waals surface area (Å²) in [6.45, 7) is 3.76. The van der Waals surface area contributed by atoms with Crippen molar-refractivity contribution in [1.82, 2.24) is 5.32 Å². The van der Waals surface area contributed by atoms with Crippen molar-refractivity contribution in [1.29, 1.82) is 5.26 Å². The summed E-state index contributed by atoms with van der Waals surface area (Å²) in [6, 6.07) is 10.3. The molecule has 0 saturated carbocycles. The fourth-order valence-corrected chi connectivity index (χ4v) is 5.04. The van der Waals surface area contributed by atoms with Crippen molar-refractivity contribution in [3.8, 4) is 6.07 Å². The lowest BCUT2D eigenvalue weighted by Gasteiger charge is -2.36. The lowest BCUT2D eigenvalue weighted by molar-refractivity contribution is -0.115. The third-order valence-electron chi connectivity index (χ3n) is 5.45. The highest BCUT2D eigenvalue weighted by atomic mass is 32.2. The third-order valence-corrected chi connectivity index (χ3v) is 7.66. The van der Waals surface area contributed by atoms with Gasteiger partial charge >= 0.3 is 6.03 Å². The molecule has 172 valence electrons. The molecule has 10 heteroatoms. The van der Waals surface area contributed by atoms with Gasteiger partial charge in [0.05, 0.1) is 39.1 Å². The summed E-state index contributed by atoms with van der Waals surface area (Å²) < 4.78 is 39.3. The highest BCUT2D eigenvalue weighted by molar-refractivity contribution is 7.92. The topological polar surface area (TPSA) is 133 Å². The lowest BCUT2D eigenvalue weighted by Crippen LogP contribution is -2.49. The van der Waals surface area contributed by atoms with Crippen molar-refractivity contribution >= 4 is 27.5 Å². The predicted molar refractivity (Wildman–Crippen MR) is 120 cm³/mol. The molecule has 33 heavy (non-hydrogen) atoms. The molecule has 0 spiro atoms. The van der Waals surface area contributed by atoms with Crippen LogP contribution in [0.15, 0.2) is 58.6 Å². The number of nitrogens with zero attached hydrogens (tertiary/aromatic N) is 2. The van der Waals surface area contributed by atoms with Gasteiger partial charge in [-0.1, -0.05) is 18.2 Å². The molecular weight excluding hydrogens is 447 g/mol. The Hall–Kier alpha value is -3.71. The molecule has 0 aliphatic carbocycles. The highest BCUT2D eigenvalue weighted by Gasteiger charge is 2.38. The number of sulfone groups is 1. The van der Waals surface area contributed by atoms with E-state index < -0.39 is 39.7 Å². The Labute approximate surface area is 191 Å². The molecule has 1 unspecified atom stereocenters. The molecule has 1 atom stereocenters. The smallest absolute Gasteiger partial charge is 0.326 e. The number of hydrogen-bond acceptors (Lipinski definition) is 5. The number of rotatable bonds is 6. The largest absolute Gasteiger partial charge is 0.366 e. The fourth-order valence-electron chi connectivity index (χ4n) is 3.73. The second kappa shape index (κ2) is 9.03. The Morgan fingerprint density at radius 2 is 1.97 bits per heavy atom. The summed E-state index contributed by atoms with van der Waals surface area (Å²) in [7, 11) is -3.88. The molecule has 2 aromatic rings. The minimum atomic E-state index is -3.88. The van der Waals surface area contributed by atoms with Crippen molar-refractivity contribution in [2.45, 2.75) is 43.6 Å². The van der Waals surface area contributed by atoms with E-state index in [1.165, 1.54) is 49.9 Å². The summed E-state index contributed by atoms with van der Waals surface area (Å²) in [6.07, 6.45) is 0. The quantitative estimate of drug-likeness (QED) is 0.669. The number of nitriles is 1. The normalized spacial score (nSPS) is 16.5. The molecule has 0 fully saturated rings. The molecule has 8 nitrogen and oxygen atoms in total. The minimum absolute atomic E-state index is 0.0230. The first kappa shape index (κ1) is 23.9. The van der Waals surface area contributed by atoms with Crippen molar-refractivity contribution < 1.29 is 22.4 Å². The van der Waals surface area contributed by atoms with Crippen molar-refractivity contribution in [3.63, 3.8) is 0 Å². The number of anilines is 1. The molecule has 1 heterocycles. The van der Waals surface area contributed by atoms with E-state index in [-0.39, 0.29) is 27.3 Å². The van der Waals surface area contributed by atoms with Crippen LogP contribution in [0, 0.1) is 11.3 Å². The molecule has 0 radical (unpaired) electrons. The Kier molecular flexibility index (Phi) is 6.56. The first-order valence-corrected chi connectivity index (χ1v) is 11.6. The first-order valence-electron chi connectivity index (χ1n) is 10.1. The molecule has 1 aliphatic rings. The fraction of sp³-hybridized carbons (Fsp3) is 0.261. The van der Waals surface area contributed by atoms with Crippen LogP contribution < -0.4 is 16.0 Å². The summed E-state index contributed by atoms with van der Waals surface area (Å²) in [5.74, 6) is -0.860. The zero-order chi connectivity index (χ0) is 24.5. The molecule has 1 aliphatic heterocycles. The van der Waals surface area contributed by atoms with Crippen molar-refractivity contribution in [3.05, 3.63) is 70.4 Å². The number of urea groups is 1. The average molecular weight is 471 g/mol. The zero-order valence-electron chi connectivity index (χ0n) is 18.3. The van der Waals surface area contributed by atoms with Gasteiger partial charge < -0.3 is 11.1 Å². The number of amides is 3. The predicted octanol–water partition coefficient (Wildman–Crippen LogP) is 3.24. The minimum Gasteiger partial charge on any atom is -0.366 e. The van der Waals surface area contributed by atoms with Crippen LogP contribution >= 0.6 is 0 Å². The van der Waals surface area contributed by atoms with Gasteiger partial charge in [0.15, 0.2) is 9.84 Å². The number of hydrogen-bond donors (Lipinski definition) is 2. The van der Waals surface area contributed by atoms with Crippen LogP contribution in [0.2, 0.25) is 0 Å². The number of nitrogens with two attached hydrogens (primary N) is 1. The van der Waals surface area contributed by atoms with E-state index in [1.54, 1.807) is 18.2 Å². The Morgan fingerprint density at radius 1 is 1.27 bits per heavy atom. The maximum Gasteiger partial charge on any atom is 0.326 e. The number of alkyl halides is 1. The molecule has 3 rings (SSSR count). The van der Waals surface area contributed by atoms with Gasteiger partial charge in [0, 0.05) is 5.70 Å². The van der Waals surface area contributed by atoms with Gasteiger partial charge in [-0.3, -0.25) is 9.69 Å². The standard InChI is InChI=1S/C23H23FN4O4S/c1-13(2)33(31,32)19-10-16(12-25)7-8-18(19)21-20(22(26)29)14(3)28(23(30)27-21)17-6-4-5-15(9-17)11-24/h4-10,13,21H,11H2,1-3H3,(H2,26,29)(H,27,30). The number of carbonyl (C=O) groups excluding carboxylic acids is 2. The molecule has 2 aromatic carbocycles. The maximum absolute atomic E-state index is 13.2. The summed E-state index contributed by atoms with van der Waals surface area (Å²) in [5.41, 5.74) is 6.74. The van der Waals surface area contributed by atoms with Crippen LogP contribution in [0.3, 0.4) is 0 Å². The number of halogens is 1. The average Bonchev–Trinajstić information content (AvgIpc) is 2.77. The van der Waals surface area contributed by atoms with Gasteiger partial charge in [0.2, 0.25) is 5.91 Å². The summed E-state index contributed by atoms with van der Waals surface area (Å²) in [4.78, 5) is 26.6. The van der Waals surface area contributed by atoms with Crippen LogP contribution in [-0.2, 0) is 21.3 Å². The van der Waals surface area contributed by atoms with Crippen LogP contribution in [0.1, 0.15) is 43.5 Å². The van der Waals surface area contributed by atoms with Crippen molar-refractivity contribution in [2.75, 3.05) is 4.90 Å². The van der Waals surface area contributed by atoms with Gasteiger partial charge in [-0.15, -0.1) is 0 Å². The van der Waals surface area contributed by atoms with Crippen LogP contribution in [0.25, 0.3) is 0 Å². The van der Waals surface area contributed by atoms with E-state index in [2.05, 4.69) is 5.32 Å². The molecular formula is C23H23FN4O4S. The van der Waals surface area contributed by atoms with Crippen molar-refractivity contribution in [2.24, 2.45) is 5.73 Å². The first-order chi connectivity index (χ1) is 15.5. The Bertz CT molecular complexity index is 1310. The number of nitrogens with one attached hydrogen (secondary N) is 1. The van der Waals surface area contributed by atoms with E-state index in [9.17, 15) is 27.7 Å². The Balaban J connectivity index is 2.26. The van der Waals surface area contributed by atoms with Gasteiger partial charge in [-0.2, -0.15) is 5.26 Å². The number of carbonyl (C=O) groups is 2. The van der Waals surface area contributed by atoms with Crippen LogP contribution in [0.4, 0.5) is 14.9 Å². The molecule has 0 bridgehead atoms. The number of benzene rings is 2. The van der Waals surface area contributed by atoms with Crippen LogP contribution in [-0.4, -0.2) is 25.6 Å². The summed E-state index contributed by atoms with van der Waals surface area (Å²) in [5, 5.41) is 11.1. The van der Waals surface area contributed by atoms with E-state index in [1.807, 2.05) is 6.07 Å². The monoisotopic (exact) mass is 470 g/mol. The van der Waals surface area contributed by atoms with Gasteiger partial charge in [-0.25, -0.2) is 17.6 Å². The zero-order valence-corrected chi connectivity index (χ0v) is 19.1. The summed E-state index contributed by atoms with van der Waals surface area (Å²) >= 11 is 0. The molecule has 3 N–H and O–H groups in total. The van der Waals surface area contributed by atoms with Gasteiger partial charge in [0.1, 0.15) is 6.67 Å². The Morgan fingerprint density at radius 3 is 2.55 bits per heavy atom. The van der Waals surface area contributed by atoms with E-state index in [0.29, 0.717) is 11.3 Å². The molecule has 0 saturated heterocycles. The number of primary amides is 1. The number of allylic oxidation sites excluding steroid dienone is 1. The SMILES string of the molecule is CC1=C(C(N)=O)C(c2ccc(C#N)cc2S(=O)(=O)C(C)C)NC(=O)N1c1cccc(CF)c1. The van der Waals surface area contributed by atoms with Gasteiger partial charge in [-0.05, 0) is 56.2 Å². The molecule has 0 aromatic heterocycles. The van der Waals surface area contributed by atoms with Gasteiger partial charge in [0.25, 0.3) is 0 Å². The lowest BCUT2D eigenvalue weighted by atomic mass is 9.93. The second-order valence-corrected chi connectivity index (χ2v) is 10.3. The van der Waals surface area contributed by atoms with E-state index in [0.717, 1.165) is 0 Å². The van der Waals surface area contributed by atoms with E-state index in [4.69, 9.17) is 5.73 Å².